The fourth-order valence-corrected chi connectivity index (χ4v) is 3.11. The highest BCUT2D eigenvalue weighted by Crippen LogP contribution is 2.35. The molecule has 1 atom stereocenters. The van der Waals surface area contributed by atoms with Crippen molar-refractivity contribution in [2.75, 3.05) is 24.5 Å². The number of nitrogens with two attached hydrogens (primary N) is 1. The number of halogens is 1. The second-order valence-corrected chi connectivity index (χ2v) is 5.36. The average Bonchev–Trinajstić information content (AvgIpc) is 2.81. The van der Waals surface area contributed by atoms with Gasteiger partial charge in [-0.2, -0.15) is 0 Å². The Balaban J connectivity index is 2.38. The van der Waals surface area contributed by atoms with Crippen molar-refractivity contribution < 1.29 is 0 Å². The van der Waals surface area contributed by atoms with Crippen molar-refractivity contribution in [2.24, 2.45) is 5.73 Å². The SMILES string of the molecule is CC(CN)c1c(Br)cccc1N1CCCC1. The molecule has 0 aromatic heterocycles. The molecule has 1 saturated heterocycles. The van der Waals surface area contributed by atoms with Crippen molar-refractivity contribution in [1.29, 1.82) is 0 Å². The van der Waals surface area contributed by atoms with E-state index in [0.29, 0.717) is 12.5 Å². The van der Waals surface area contributed by atoms with Crippen molar-refractivity contribution >= 4 is 21.6 Å². The molecule has 0 saturated carbocycles. The molecule has 1 aromatic rings. The molecule has 0 spiro atoms. The van der Waals surface area contributed by atoms with Gasteiger partial charge in [0, 0.05) is 23.2 Å². The second kappa shape index (κ2) is 5.19. The van der Waals surface area contributed by atoms with E-state index in [9.17, 15) is 0 Å². The minimum atomic E-state index is 0.408. The van der Waals surface area contributed by atoms with Crippen LogP contribution in [0.2, 0.25) is 0 Å². The molecule has 1 heterocycles. The molecule has 1 fully saturated rings. The summed E-state index contributed by atoms with van der Waals surface area (Å²) in [6.07, 6.45) is 2.62. The topological polar surface area (TPSA) is 29.3 Å². The molecule has 0 aliphatic carbocycles. The highest BCUT2D eigenvalue weighted by Gasteiger charge is 2.19. The average molecular weight is 283 g/mol. The Morgan fingerprint density at radius 3 is 2.69 bits per heavy atom. The number of benzene rings is 1. The van der Waals surface area contributed by atoms with E-state index in [1.165, 1.54) is 41.7 Å². The number of rotatable bonds is 3. The van der Waals surface area contributed by atoms with Crippen LogP contribution in [0.5, 0.6) is 0 Å². The molecule has 2 N–H and O–H groups in total. The van der Waals surface area contributed by atoms with Crippen molar-refractivity contribution in [3.8, 4) is 0 Å². The minimum Gasteiger partial charge on any atom is -0.371 e. The maximum absolute atomic E-state index is 5.80. The van der Waals surface area contributed by atoms with Gasteiger partial charge in [-0.3, -0.25) is 0 Å². The van der Waals surface area contributed by atoms with E-state index in [2.05, 4.69) is 46.0 Å². The van der Waals surface area contributed by atoms with E-state index >= 15 is 0 Å². The zero-order valence-electron chi connectivity index (χ0n) is 9.75. The van der Waals surface area contributed by atoms with Gasteiger partial charge in [-0.05, 0) is 43.0 Å². The first-order chi connectivity index (χ1) is 7.74. The summed E-state index contributed by atoms with van der Waals surface area (Å²) < 4.78 is 1.19. The van der Waals surface area contributed by atoms with Gasteiger partial charge in [0.2, 0.25) is 0 Å². The Kier molecular flexibility index (Phi) is 3.87. The molecule has 16 heavy (non-hydrogen) atoms. The molecule has 1 unspecified atom stereocenters. The second-order valence-electron chi connectivity index (χ2n) is 4.50. The van der Waals surface area contributed by atoms with Crippen LogP contribution in [0.4, 0.5) is 5.69 Å². The van der Waals surface area contributed by atoms with Crippen LogP contribution in [-0.4, -0.2) is 19.6 Å². The van der Waals surface area contributed by atoms with Crippen LogP contribution in [-0.2, 0) is 0 Å². The predicted octanol–water partition coefficient (Wildman–Crippen LogP) is 3.11. The first-order valence-electron chi connectivity index (χ1n) is 5.97. The van der Waals surface area contributed by atoms with Crippen LogP contribution < -0.4 is 10.6 Å². The molecule has 88 valence electrons. The predicted molar refractivity (Wildman–Crippen MR) is 73.1 cm³/mol. The molecule has 0 amide bonds. The normalized spacial score (nSPS) is 17.8. The fraction of sp³-hybridized carbons (Fsp3) is 0.538. The fourth-order valence-electron chi connectivity index (χ4n) is 2.37. The van der Waals surface area contributed by atoms with Gasteiger partial charge in [-0.15, -0.1) is 0 Å². The Labute approximate surface area is 106 Å². The summed E-state index contributed by atoms with van der Waals surface area (Å²) in [5.74, 6) is 0.408. The lowest BCUT2D eigenvalue weighted by Crippen LogP contribution is -2.21. The third kappa shape index (κ3) is 2.25. The van der Waals surface area contributed by atoms with E-state index in [0.717, 1.165) is 0 Å². The van der Waals surface area contributed by atoms with Gasteiger partial charge >= 0.3 is 0 Å². The summed E-state index contributed by atoms with van der Waals surface area (Å²) in [6, 6.07) is 6.45. The molecule has 3 heteroatoms. The molecule has 2 rings (SSSR count). The molecule has 0 bridgehead atoms. The van der Waals surface area contributed by atoms with Crippen LogP contribution in [0.15, 0.2) is 22.7 Å². The van der Waals surface area contributed by atoms with Crippen molar-refractivity contribution in [3.05, 3.63) is 28.2 Å². The lowest BCUT2D eigenvalue weighted by molar-refractivity contribution is 0.763. The van der Waals surface area contributed by atoms with Gasteiger partial charge in [0.15, 0.2) is 0 Å². The van der Waals surface area contributed by atoms with Crippen molar-refractivity contribution in [1.82, 2.24) is 0 Å². The molecular weight excluding hydrogens is 264 g/mol. The monoisotopic (exact) mass is 282 g/mol. The maximum atomic E-state index is 5.80. The van der Waals surface area contributed by atoms with Gasteiger partial charge in [0.1, 0.15) is 0 Å². The summed E-state index contributed by atoms with van der Waals surface area (Å²) >= 11 is 3.65. The minimum absolute atomic E-state index is 0.408. The third-order valence-electron chi connectivity index (χ3n) is 3.32. The quantitative estimate of drug-likeness (QED) is 0.923. The maximum Gasteiger partial charge on any atom is 0.0413 e. The highest BCUT2D eigenvalue weighted by atomic mass is 79.9. The highest BCUT2D eigenvalue weighted by molar-refractivity contribution is 9.10. The smallest absolute Gasteiger partial charge is 0.0413 e. The molecule has 1 aliphatic heterocycles. The van der Waals surface area contributed by atoms with Gasteiger partial charge < -0.3 is 10.6 Å². The van der Waals surface area contributed by atoms with Crippen LogP contribution in [0.3, 0.4) is 0 Å². The number of anilines is 1. The number of hydrogen-bond acceptors (Lipinski definition) is 2. The van der Waals surface area contributed by atoms with Gasteiger partial charge in [-0.1, -0.05) is 28.9 Å². The van der Waals surface area contributed by atoms with E-state index in [-0.39, 0.29) is 0 Å². The van der Waals surface area contributed by atoms with E-state index in [1.54, 1.807) is 0 Å². The van der Waals surface area contributed by atoms with Crippen LogP contribution in [0.25, 0.3) is 0 Å². The lowest BCUT2D eigenvalue weighted by atomic mass is 9.99. The summed E-state index contributed by atoms with van der Waals surface area (Å²) in [7, 11) is 0. The van der Waals surface area contributed by atoms with Gasteiger partial charge in [-0.25, -0.2) is 0 Å². The largest absolute Gasteiger partial charge is 0.371 e. The van der Waals surface area contributed by atoms with E-state index in [1.807, 2.05) is 0 Å². The Bertz CT molecular complexity index is 359. The Morgan fingerprint density at radius 1 is 1.38 bits per heavy atom. The van der Waals surface area contributed by atoms with Crippen LogP contribution >= 0.6 is 15.9 Å². The van der Waals surface area contributed by atoms with Crippen molar-refractivity contribution in [2.45, 2.75) is 25.7 Å². The molecule has 1 aromatic carbocycles. The lowest BCUT2D eigenvalue weighted by Gasteiger charge is -2.25. The summed E-state index contributed by atoms with van der Waals surface area (Å²) in [4.78, 5) is 2.48. The number of nitrogens with zero attached hydrogens (tertiary/aromatic N) is 1. The summed E-state index contributed by atoms with van der Waals surface area (Å²) in [5, 5.41) is 0. The zero-order chi connectivity index (χ0) is 11.5. The van der Waals surface area contributed by atoms with Crippen molar-refractivity contribution in [3.63, 3.8) is 0 Å². The molecular formula is C13H19BrN2. The third-order valence-corrected chi connectivity index (χ3v) is 4.01. The summed E-state index contributed by atoms with van der Waals surface area (Å²) in [6.45, 7) is 5.25. The zero-order valence-corrected chi connectivity index (χ0v) is 11.3. The summed E-state index contributed by atoms with van der Waals surface area (Å²) in [5.41, 5.74) is 8.53. The Hall–Kier alpha value is -0.540. The first kappa shape index (κ1) is 11.9. The molecule has 2 nitrogen and oxygen atoms in total. The van der Waals surface area contributed by atoms with Crippen LogP contribution in [0, 0.1) is 0 Å². The molecule has 0 radical (unpaired) electrons. The number of hydrogen-bond donors (Lipinski definition) is 1. The Morgan fingerprint density at radius 2 is 2.06 bits per heavy atom. The van der Waals surface area contributed by atoms with Gasteiger partial charge in [0.05, 0.1) is 0 Å². The molecule has 1 aliphatic rings. The van der Waals surface area contributed by atoms with E-state index in [4.69, 9.17) is 5.73 Å². The van der Waals surface area contributed by atoms with E-state index < -0.39 is 0 Å². The standard InChI is InChI=1S/C13H19BrN2/c1-10(9-15)13-11(14)5-4-6-12(13)16-7-2-3-8-16/h4-6,10H,2-3,7-9,15H2,1H3. The first-order valence-corrected chi connectivity index (χ1v) is 6.76. The van der Waals surface area contributed by atoms with Gasteiger partial charge in [0.25, 0.3) is 0 Å². The van der Waals surface area contributed by atoms with Crippen LogP contribution in [0.1, 0.15) is 31.2 Å².